The van der Waals surface area contributed by atoms with Crippen LogP contribution in [-0.4, -0.2) is 17.0 Å². The fraction of sp³-hybridized carbons (Fsp3) is 0.120. The molecule has 156 valence electrons. The number of carbonyl (C=O) groups excluding carboxylic acids is 1. The Morgan fingerprint density at radius 2 is 1.77 bits per heavy atom. The lowest BCUT2D eigenvalue weighted by molar-refractivity contribution is -0.127. The van der Waals surface area contributed by atoms with E-state index in [4.69, 9.17) is 9.72 Å². The summed E-state index contributed by atoms with van der Waals surface area (Å²) in [4.78, 5) is 17.2. The maximum absolute atomic E-state index is 12.4. The van der Waals surface area contributed by atoms with Gasteiger partial charge in [0.2, 0.25) is 0 Å². The predicted octanol–water partition coefficient (Wildman–Crippen LogP) is 6.32. The molecule has 0 aliphatic carbocycles. The largest absolute Gasteiger partial charge is 0.481 e. The van der Waals surface area contributed by atoms with Crippen LogP contribution in [0.5, 0.6) is 5.75 Å². The minimum Gasteiger partial charge on any atom is -0.481 e. The molecule has 4 aromatic rings. The minimum atomic E-state index is -0.586. The van der Waals surface area contributed by atoms with Crippen LogP contribution in [0.1, 0.15) is 12.5 Å². The van der Waals surface area contributed by atoms with E-state index in [-0.39, 0.29) is 5.91 Å². The molecule has 0 aliphatic rings. The summed E-state index contributed by atoms with van der Waals surface area (Å²) in [7, 11) is 0. The van der Waals surface area contributed by atoms with E-state index in [0.717, 1.165) is 31.9 Å². The third kappa shape index (κ3) is 5.60. The number of nitrogens with zero attached hydrogens (tertiary/aromatic N) is 1. The Hall–Kier alpha value is -2.96. The number of thiazole rings is 1. The quantitative estimate of drug-likeness (QED) is 0.328. The summed E-state index contributed by atoms with van der Waals surface area (Å²) in [6.07, 6.45) is -0.586. The van der Waals surface area contributed by atoms with Crippen LogP contribution in [0, 0.1) is 0 Å². The van der Waals surface area contributed by atoms with Gasteiger partial charge < -0.3 is 10.1 Å². The molecular formula is C25H21BrN2O2S. The Kier molecular flexibility index (Phi) is 6.79. The molecule has 1 N–H and O–H groups in total. The van der Waals surface area contributed by atoms with E-state index in [1.807, 2.05) is 60.7 Å². The molecule has 0 spiro atoms. The highest BCUT2D eigenvalue weighted by Crippen LogP contribution is 2.29. The van der Waals surface area contributed by atoms with Gasteiger partial charge in [-0.05, 0) is 42.8 Å². The summed E-state index contributed by atoms with van der Waals surface area (Å²) in [5.74, 6) is 0.500. The van der Waals surface area contributed by atoms with Gasteiger partial charge in [0.05, 0.1) is 5.69 Å². The number of rotatable bonds is 7. The predicted molar refractivity (Wildman–Crippen MR) is 129 cm³/mol. The van der Waals surface area contributed by atoms with Gasteiger partial charge in [-0.1, -0.05) is 64.5 Å². The summed E-state index contributed by atoms with van der Waals surface area (Å²) >= 11 is 5.00. The molecule has 0 aliphatic heterocycles. The molecule has 4 rings (SSSR count). The van der Waals surface area contributed by atoms with Crippen LogP contribution >= 0.6 is 27.3 Å². The molecule has 0 saturated carbocycles. The van der Waals surface area contributed by atoms with Gasteiger partial charge in [-0.25, -0.2) is 4.98 Å². The van der Waals surface area contributed by atoms with Gasteiger partial charge in [-0.2, -0.15) is 0 Å². The summed E-state index contributed by atoms with van der Waals surface area (Å²) in [5, 5.41) is 5.98. The summed E-state index contributed by atoms with van der Waals surface area (Å²) < 4.78 is 6.68. The zero-order chi connectivity index (χ0) is 21.6. The first-order valence-corrected chi connectivity index (χ1v) is 11.6. The first kappa shape index (κ1) is 21.3. The maximum atomic E-state index is 12.4. The van der Waals surface area contributed by atoms with Gasteiger partial charge in [-0.3, -0.25) is 4.79 Å². The second kappa shape index (κ2) is 9.90. The fourth-order valence-electron chi connectivity index (χ4n) is 3.07. The number of benzene rings is 3. The number of hydrogen-bond acceptors (Lipinski definition) is 4. The number of ether oxygens (including phenoxy) is 1. The lowest BCUT2D eigenvalue weighted by Gasteiger charge is -2.15. The van der Waals surface area contributed by atoms with Crippen molar-refractivity contribution in [1.29, 1.82) is 0 Å². The lowest BCUT2D eigenvalue weighted by atomic mass is 10.1. The minimum absolute atomic E-state index is 0.158. The van der Waals surface area contributed by atoms with E-state index < -0.39 is 6.10 Å². The summed E-state index contributed by atoms with van der Waals surface area (Å²) in [6, 6.07) is 25.6. The zero-order valence-corrected chi connectivity index (χ0v) is 19.3. The number of hydrogen-bond donors (Lipinski definition) is 1. The van der Waals surface area contributed by atoms with Crippen molar-refractivity contribution < 1.29 is 9.53 Å². The van der Waals surface area contributed by atoms with Gasteiger partial charge in [0.1, 0.15) is 10.8 Å². The van der Waals surface area contributed by atoms with Crippen LogP contribution in [0.15, 0.2) is 88.7 Å². The zero-order valence-electron chi connectivity index (χ0n) is 16.9. The highest BCUT2D eigenvalue weighted by molar-refractivity contribution is 9.10. The fourth-order valence-corrected chi connectivity index (χ4v) is 4.16. The van der Waals surface area contributed by atoms with Crippen molar-refractivity contribution in [3.05, 3.63) is 94.3 Å². The van der Waals surface area contributed by atoms with Gasteiger partial charge in [0.25, 0.3) is 5.91 Å². The van der Waals surface area contributed by atoms with E-state index in [0.29, 0.717) is 12.3 Å². The Bertz CT molecular complexity index is 1160. The monoisotopic (exact) mass is 492 g/mol. The van der Waals surface area contributed by atoms with Crippen LogP contribution in [0.2, 0.25) is 0 Å². The highest BCUT2D eigenvalue weighted by atomic mass is 79.9. The van der Waals surface area contributed by atoms with Crippen molar-refractivity contribution in [2.45, 2.75) is 19.6 Å². The first-order chi connectivity index (χ1) is 15.1. The second-order valence-corrected chi connectivity index (χ2v) is 8.81. The molecule has 1 unspecified atom stereocenters. The van der Waals surface area contributed by atoms with Crippen molar-refractivity contribution in [1.82, 2.24) is 10.3 Å². The Balaban J connectivity index is 1.38. The van der Waals surface area contributed by atoms with Crippen molar-refractivity contribution in [3.8, 4) is 27.6 Å². The van der Waals surface area contributed by atoms with Crippen LogP contribution in [0.3, 0.4) is 0 Å². The van der Waals surface area contributed by atoms with E-state index in [1.54, 1.807) is 18.3 Å². The topological polar surface area (TPSA) is 51.2 Å². The smallest absolute Gasteiger partial charge is 0.261 e. The molecule has 3 aromatic carbocycles. The second-order valence-electron chi connectivity index (χ2n) is 7.04. The average Bonchev–Trinajstić information content (AvgIpc) is 3.30. The molecule has 1 heterocycles. The Morgan fingerprint density at radius 1 is 1.03 bits per heavy atom. The van der Waals surface area contributed by atoms with Crippen molar-refractivity contribution in [3.63, 3.8) is 0 Å². The first-order valence-electron chi connectivity index (χ1n) is 9.89. The van der Waals surface area contributed by atoms with E-state index in [1.165, 1.54) is 0 Å². The van der Waals surface area contributed by atoms with Gasteiger partial charge in [0.15, 0.2) is 6.10 Å². The SMILES string of the molecule is CC(Oc1ccc(Br)cc1)C(=O)NCc1cccc(-c2nc(-c3ccccc3)cs2)c1. The van der Waals surface area contributed by atoms with Crippen molar-refractivity contribution in [2.24, 2.45) is 0 Å². The summed E-state index contributed by atoms with van der Waals surface area (Å²) in [5.41, 5.74) is 4.13. The van der Waals surface area contributed by atoms with Crippen LogP contribution in [-0.2, 0) is 11.3 Å². The number of amides is 1. The van der Waals surface area contributed by atoms with Gasteiger partial charge >= 0.3 is 0 Å². The number of carbonyl (C=O) groups is 1. The number of aromatic nitrogens is 1. The van der Waals surface area contributed by atoms with Crippen LogP contribution < -0.4 is 10.1 Å². The molecule has 6 heteroatoms. The van der Waals surface area contributed by atoms with Crippen LogP contribution in [0.25, 0.3) is 21.8 Å². The highest BCUT2D eigenvalue weighted by Gasteiger charge is 2.14. The third-order valence-corrected chi connectivity index (χ3v) is 6.13. The van der Waals surface area contributed by atoms with E-state index >= 15 is 0 Å². The Labute approximate surface area is 194 Å². The average molecular weight is 493 g/mol. The Morgan fingerprint density at radius 3 is 2.55 bits per heavy atom. The molecule has 0 saturated heterocycles. The van der Waals surface area contributed by atoms with E-state index in [2.05, 4.69) is 44.8 Å². The molecule has 0 bridgehead atoms. The van der Waals surface area contributed by atoms with Crippen molar-refractivity contribution in [2.75, 3.05) is 0 Å². The van der Waals surface area contributed by atoms with Crippen LogP contribution in [0.4, 0.5) is 0 Å². The summed E-state index contributed by atoms with van der Waals surface area (Å²) in [6.45, 7) is 2.17. The molecule has 1 atom stereocenters. The molecule has 0 fully saturated rings. The third-order valence-electron chi connectivity index (χ3n) is 4.71. The standard InChI is InChI=1S/C25H21BrN2O2S/c1-17(30-22-12-10-21(26)11-13-22)24(29)27-15-18-6-5-9-20(14-18)25-28-23(16-31-25)19-7-3-2-4-8-19/h2-14,16-17H,15H2,1H3,(H,27,29). The molecule has 1 aromatic heterocycles. The number of nitrogens with one attached hydrogen (secondary N) is 1. The molecule has 1 amide bonds. The molecule has 31 heavy (non-hydrogen) atoms. The molecular weight excluding hydrogens is 472 g/mol. The lowest BCUT2D eigenvalue weighted by Crippen LogP contribution is -2.35. The number of halogens is 1. The van der Waals surface area contributed by atoms with Gasteiger partial charge in [-0.15, -0.1) is 11.3 Å². The molecule has 4 nitrogen and oxygen atoms in total. The van der Waals surface area contributed by atoms with Gasteiger partial charge in [0, 0.05) is 27.5 Å². The van der Waals surface area contributed by atoms with E-state index in [9.17, 15) is 4.79 Å². The molecule has 0 radical (unpaired) electrons. The van der Waals surface area contributed by atoms with Crippen molar-refractivity contribution >= 4 is 33.2 Å². The maximum Gasteiger partial charge on any atom is 0.261 e. The normalized spacial score (nSPS) is 11.7.